The quantitative estimate of drug-likeness (QED) is 0.803. The fourth-order valence-corrected chi connectivity index (χ4v) is 4.47. The fraction of sp³-hybridized carbons (Fsp3) is 0.524. The van der Waals surface area contributed by atoms with E-state index >= 15 is 0 Å². The Kier molecular flexibility index (Phi) is 5.15. The van der Waals surface area contributed by atoms with Crippen LogP contribution in [0, 0.1) is 0 Å². The zero-order chi connectivity index (χ0) is 19.6. The Bertz CT molecular complexity index is 886. The number of piperidine rings is 1. The monoisotopic (exact) mass is 381 g/mol. The number of likely N-dealkylation sites (tertiary alicyclic amines) is 1. The molecule has 1 aromatic heterocycles. The molecule has 148 valence electrons. The van der Waals surface area contributed by atoms with Gasteiger partial charge in [-0.25, -0.2) is 0 Å². The molecular weight excluding hydrogens is 354 g/mol. The minimum Gasteiger partial charge on any atom is -0.364 e. The summed E-state index contributed by atoms with van der Waals surface area (Å²) < 4.78 is 0. The molecule has 0 saturated carbocycles. The van der Waals surface area contributed by atoms with Gasteiger partial charge in [0.1, 0.15) is 0 Å². The molecule has 0 unspecified atom stereocenters. The highest BCUT2D eigenvalue weighted by Gasteiger charge is 2.48. The molecule has 2 amide bonds. The van der Waals surface area contributed by atoms with E-state index in [1.54, 1.807) is 12.4 Å². The van der Waals surface area contributed by atoms with Crippen molar-refractivity contribution >= 4 is 28.5 Å². The first-order chi connectivity index (χ1) is 13.6. The number of carbonyl (C=O) groups is 2. The lowest BCUT2D eigenvalue weighted by atomic mass is 9.77. The van der Waals surface area contributed by atoms with Crippen molar-refractivity contribution in [3.8, 4) is 0 Å². The SMILES string of the molecule is CC(=O)NCCCC(=O)N1CCC[C@]2(CCN2c2ccc3nccnc3c2)C1. The van der Waals surface area contributed by atoms with Crippen LogP contribution in [0.2, 0.25) is 0 Å². The van der Waals surface area contributed by atoms with E-state index in [-0.39, 0.29) is 17.4 Å². The first kappa shape index (κ1) is 18.7. The highest BCUT2D eigenvalue weighted by molar-refractivity contribution is 5.80. The summed E-state index contributed by atoms with van der Waals surface area (Å²) in [6.45, 7) is 4.68. The highest BCUT2D eigenvalue weighted by Crippen LogP contribution is 2.42. The summed E-state index contributed by atoms with van der Waals surface area (Å²) in [5.41, 5.74) is 3.02. The van der Waals surface area contributed by atoms with Gasteiger partial charge in [-0.15, -0.1) is 0 Å². The largest absolute Gasteiger partial charge is 0.364 e. The number of benzene rings is 1. The van der Waals surface area contributed by atoms with Crippen molar-refractivity contribution in [1.82, 2.24) is 20.2 Å². The minimum atomic E-state index is -0.0467. The second-order valence-corrected chi connectivity index (χ2v) is 7.86. The molecule has 1 spiro atoms. The number of nitrogens with one attached hydrogen (secondary N) is 1. The molecule has 28 heavy (non-hydrogen) atoms. The maximum atomic E-state index is 12.7. The van der Waals surface area contributed by atoms with Crippen molar-refractivity contribution in [2.45, 2.75) is 44.6 Å². The summed E-state index contributed by atoms with van der Waals surface area (Å²) in [6.07, 6.45) is 7.87. The van der Waals surface area contributed by atoms with Crippen LogP contribution >= 0.6 is 0 Å². The van der Waals surface area contributed by atoms with Gasteiger partial charge < -0.3 is 15.1 Å². The molecule has 1 aromatic carbocycles. The number of hydrogen-bond acceptors (Lipinski definition) is 5. The van der Waals surface area contributed by atoms with E-state index in [1.165, 1.54) is 12.6 Å². The van der Waals surface area contributed by atoms with Crippen LogP contribution in [-0.2, 0) is 9.59 Å². The molecule has 1 N–H and O–H groups in total. The van der Waals surface area contributed by atoms with Crippen LogP contribution in [0.15, 0.2) is 30.6 Å². The Hall–Kier alpha value is -2.70. The maximum Gasteiger partial charge on any atom is 0.222 e. The van der Waals surface area contributed by atoms with Gasteiger partial charge in [-0.2, -0.15) is 0 Å². The molecule has 2 aromatic rings. The first-order valence-corrected chi connectivity index (χ1v) is 10.1. The summed E-state index contributed by atoms with van der Waals surface area (Å²) >= 11 is 0. The van der Waals surface area contributed by atoms with Crippen LogP contribution in [-0.4, -0.2) is 58.4 Å². The van der Waals surface area contributed by atoms with Crippen molar-refractivity contribution < 1.29 is 9.59 Å². The minimum absolute atomic E-state index is 0.0431. The van der Waals surface area contributed by atoms with Gasteiger partial charge in [0, 0.05) is 57.6 Å². The number of amides is 2. The number of carbonyl (C=O) groups excluding carboxylic acids is 2. The lowest BCUT2D eigenvalue weighted by Crippen LogP contribution is -2.67. The average molecular weight is 381 g/mol. The standard InChI is InChI=1S/C21H27N5O2/c1-16(27)22-9-2-4-20(28)25-12-3-7-21(15-25)8-13-26(21)17-5-6-18-19(14-17)24-11-10-23-18/h5-6,10-11,14H,2-4,7-9,12-13,15H2,1H3,(H,22,27)/t21-/m0/s1. The Labute approximate surface area is 165 Å². The third kappa shape index (κ3) is 3.66. The zero-order valence-electron chi connectivity index (χ0n) is 16.4. The number of nitrogens with zero attached hydrogens (tertiary/aromatic N) is 4. The molecule has 7 nitrogen and oxygen atoms in total. The summed E-state index contributed by atoms with van der Waals surface area (Å²) in [7, 11) is 0. The van der Waals surface area contributed by atoms with Crippen LogP contribution in [0.4, 0.5) is 5.69 Å². The van der Waals surface area contributed by atoms with Crippen molar-refractivity contribution in [3.05, 3.63) is 30.6 Å². The Morgan fingerprint density at radius 1 is 1.14 bits per heavy atom. The summed E-state index contributed by atoms with van der Waals surface area (Å²) in [4.78, 5) is 36.9. The van der Waals surface area contributed by atoms with Gasteiger partial charge in [0.15, 0.2) is 0 Å². The second kappa shape index (κ2) is 7.73. The second-order valence-electron chi connectivity index (χ2n) is 7.86. The van der Waals surface area contributed by atoms with E-state index in [0.717, 1.165) is 49.9 Å². The number of hydrogen-bond donors (Lipinski definition) is 1. The van der Waals surface area contributed by atoms with Crippen LogP contribution in [0.3, 0.4) is 0 Å². The summed E-state index contributed by atoms with van der Waals surface area (Å²) in [5, 5.41) is 2.76. The molecule has 1 atom stereocenters. The van der Waals surface area contributed by atoms with Crippen molar-refractivity contribution in [2.24, 2.45) is 0 Å². The van der Waals surface area contributed by atoms with Crippen LogP contribution < -0.4 is 10.2 Å². The van der Waals surface area contributed by atoms with Crippen LogP contribution in [0.5, 0.6) is 0 Å². The van der Waals surface area contributed by atoms with Gasteiger partial charge in [-0.1, -0.05) is 0 Å². The third-order valence-corrected chi connectivity index (χ3v) is 5.99. The third-order valence-electron chi connectivity index (χ3n) is 5.99. The molecule has 2 aliphatic heterocycles. The summed E-state index contributed by atoms with van der Waals surface area (Å²) in [5.74, 6) is 0.148. The molecule has 0 aliphatic carbocycles. The maximum absolute atomic E-state index is 12.7. The van der Waals surface area contributed by atoms with Crippen LogP contribution in [0.1, 0.15) is 39.0 Å². The van der Waals surface area contributed by atoms with Gasteiger partial charge in [-0.05, 0) is 43.9 Å². The summed E-state index contributed by atoms with van der Waals surface area (Å²) in [6, 6.07) is 6.25. The average Bonchev–Trinajstić information content (AvgIpc) is 2.70. The normalized spacial score (nSPS) is 21.6. The topological polar surface area (TPSA) is 78.4 Å². The smallest absolute Gasteiger partial charge is 0.222 e. The Morgan fingerprint density at radius 3 is 2.71 bits per heavy atom. The number of anilines is 1. The molecule has 2 fully saturated rings. The highest BCUT2D eigenvalue weighted by atomic mass is 16.2. The van der Waals surface area contributed by atoms with Gasteiger partial charge in [0.2, 0.25) is 11.8 Å². The van der Waals surface area contributed by atoms with E-state index in [9.17, 15) is 9.59 Å². The Balaban J connectivity index is 1.42. The Morgan fingerprint density at radius 2 is 1.96 bits per heavy atom. The van der Waals surface area contributed by atoms with Crippen molar-refractivity contribution in [3.63, 3.8) is 0 Å². The van der Waals surface area contributed by atoms with Gasteiger partial charge >= 0.3 is 0 Å². The molecule has 0 bridgehead atoms. The van der Waals surface area contributed by atoms with Gasteiger partial charge in [0.05, 0.1) is 16.6 Å². The lowest BCUT2D eigenvalue weighted by Gasteiger charge is -2.58. The zero-order valence-corrected chi connectivity index (χ0v) is 16.4. The molecule has 0 radical (unpaired) electrons. The number of rotatable bonds is 5. The van der Waals surface area contributed by atoms with E-state index < -0.39 is 0 Å². The molecule has 4 rings (SSSR count). The van der Waals surface area contributed by atoms with E-state index in [2.05, 4.69) is 32.3 Å². The van der Waals surface area contributed by atoms with E-state index in [0.29, 0.717) is 19.4 Å². The van der Waals surface area contributed by atoms with Crippen molar-refractivity contribution in [2.75, 3.05) is 31.1 Å². The lowest BCUT2D eigenvalue weighted by molar-refractivity contribution is -0.134. The predicted molar refractivity (Wildman–Crippen MR) is 108 cm³/mol. The number of aromatic nitrogens is 2. The molecule has 2 aliphatic rings. The van der Waals surface area contributed by atoms with E-state index in [1.807, 2.05) is 11.0 Å². The number of fused-ring (bicyclic) bond motifs is 1. The molecule has 2 saturated heterocycles. The van der Waals surface area contributed by atoms with Crippen LogP contribution in [0.25, 0.3) is 11.0 Å². The fourth-order valence-electron chi connectivity index (χ4n) is 4.47. The first-order valence-electron chi connectivity index (χ1n) is 10.1. The van der Waals surface area contributed by atoms with Gasteiger partial charge in [-0.3, -0.25) is 19.6 Å². The van der Waals surface area contributed by atoms with E-state index in [4.69, 9.17) is 0 Å². The molecular formula is C21H27N5O2. The van der Waals surface area contributed by atoms with Crippen molar-refractivity contribution in [1.29, 1.82) is 0 Å². The molecule has 3 heterocycles. The predicted octanol–water partition coefficient (Wildman–Crippen LogP) is 2.12. The van der Waals surface area contributed by atoms with Gasteiger partial charge in [0.25, 0.3) is 0 Å². The molecule has 7 heteroatoms.